The molecule has 2 aromatic heterocycles. The summed E-state index contributed by atoms with van der Waals surface area (Å²) in [5, 5.41) is 4.89. The van der Waals surface area contributed by atoms with Crippen LogP contribution in [0, 0.1) is 0 Å². The summed E-state index contributed by atoms with van der Waals surface area (Å²) < 4.78 is 1.18. The summed E-state index contributed by atoms with van der Waals surface area (Å²) in [7, 11) is 0. The number of fused-ring (bicyclic) bond motifs is 2. The van der Waals surface area contributed by atoms with Crippen LogP contribution in [0.3, 0.4) is 0 Å². The fourth-order valence-corrected chi connectivity index (χ4v) is 3.67. The monoisotopic (exact) mass is 333 g/mol. The van der Waals surface area contributed by atoms with Crippen LogP contribution in [0.4, 0.5) is 0 Å². The van der Waals surface area contributed by atoms with Crippen molar-refractivity contribution in [3.63, 3.8) is 0 Å². The van der Waals surface area contributed by atoms with Crippen molar-refractivity contribution in [2.75, 3.05) is 6.54 Å². The van der Waals surface area contributed by atoms with Crippen molar-refractivity contribution in [3.05, 3.63) is 71.4 Å². The molecule has 4 rings (SSSR count). The highest BCUT2D eigenvalue weighted by atomic mass is 32.1. The predicted molar refractivity (Wildman–Crippen MR) is 97.4 cm³/mol. The van der Waals surface area contributed by atoms with E-state index in [0.29, 0.717) is 12.1 Å². The number of hydrogen-bond donors (Lipinski definition) is 1. The fourth-order valence-electron chi connectivity index (χ4n) is 2.70. The number of nitrogens with zero attached hydrogens (tertiary/aromatic N) is 2. The second kappa shape index (κ2) is 6.37. The number of hydrogen-bond acceptors (Lipinski definition) is 4. The maximum atomic E-state index is 12.5. The lowest BCUT2D eigenvalue weighted by Gasteiger charge is -2.06. The largest absolute Gasteiger partial charge is 0.352 e. The SMILES string of the molecule is O=C(NCCc1nc2ccccc2s1)c1ccnc2ccccc12. The molecule has 0 radical (unpaired) electrons. The average molecular weight is 333 g/mol. The Morgan fingerprint density at radius 3 is 2.67 bits per heavy atom. The third-order valence-corrected chi connectivity index (χ3v) is 4.95. The number of benzene rings is 2. The molecule has 24 heavy (non-hydrogen) atoms. The van der Waals surface area contributed by atoms with Crippen LogP contribution in [0.25, 0.3) is 21.1 Å². The third kappa shape index (κ3) is 2.86. The minimum absolute atomic E-state index is 0.0743. The fraction of sp³-hybridized carbons (Fsp3) is 0.105. The molecule has 0 aliphatic carbocycles. The summed E-state index contributed by atoms with van der Waals surface area (Å²) in [4.78, 5) is 21.3. The van der Waals surface area contributed by atoms with E-state index in [0.717, 1.165) is 27.8 Å². The Morgan fingerprint density at radius 2 is 1.79 bits per heavy atom. The van der Waals surface area contributed by atoms with Crippen molar-refractivity contribution in [2.45, 2.75) is 6.42 Å². The van der Waals surface area contributed by atoms with E-state index >= 15 is 0 Å². The number of thiazole rings is 1. The second-order valence-corrected chi connectivity index (χ2v) is 6.57. The van der Waals surface area contributed by atoms with Gasteiger partial charge in [-0.2, -0.15) is 0 Å². The van der Waals surface area contributed by atoms with Crippen molar-refractivity contribution < 1.29 is 4.79 Å². The molecule has 2 aromatic carbocycles. The summed E-state index contributed by atoms with van der Waals surface area (Å²) >= 11 is 1.67. The first-order valence-corrected chi connectivity index (χ1v) is 8.59. The lowest BCUT2D eigenvalue weighted by molar-refractivity contribution is 0.0955. The Morgan fingerprint density at radius 1 is 1.00 bits per heavy atom. The first kappa shape index (κ1) is 14.8. The molecule has 0 atom stereocenters. The Kier molecular flexibility index (Phi) is 3.92. The van der Waals surface area contributed by atoms with Gasteiger partial charge >= 0.3 is 0 Å². The maximum absolute atomic E-state index is 12.5. The number of aromatic nitrogens is 2. The Labute approximate surface area is 143 Å². The van der Waals surface area contributed by atoms with E-state index in [1.165, 1.54) is 4.70 Å². The smallest absolute Gasteiger partial charge is 0.252 e. The molecular formula is C19H15N3OS. The zero-order chi connectivity index (χ0) is 16.4. The van der Waals surface area contributed by atoms with E-state index in [4.69, 9.17) is 0 Å². The lowest BCUT2D eigenvalue weighted by atomic mass is 10.1. The van der Waals surface area contributed by atoms with Gasteiger partial charge in [-0.1, -0.05) is 30.3 Å². The molecule has 0 aliphatic heterocycles. The number of para-hydroxylation sites is 2. The second-order valence-electron chi connectivity index (χ2n) is 5.46. The van der Waals surface area contributed by atoms with Crippen LogP contribution >= 0.6 is 11.3 Å². The molecule has 0 aliphatic rings. The van der Waals surface area contributed by atoms with Gasteiger partial charge in [-0.15, -0.1) is 11.3 Å². The number of nitrogens with one attached hydrogen (secondary N) is 1. The summed E-state index contributed by atoms with van der Waals surface area (Å²) in [5.41, 5.74) is 2.50. The first-order valence-electron chi connectivity index (χ1n) is 7.78. The van der Waals surface area contributed by atoms with Crippen molar-refractivity contribution in [2.24, 2.45) is 0 Å². The molecule has 5 heteroatoms. The van der Waals surface area contributed by atoms with Gasteiger partial charge in [0, 0.05) is 24.5 Å². The Balaban J connectivity index is 1.46. The van der Waals surface area contributed by atoms with Gasteiger partial charge in [0.1, 0.15) is 0 Å². The van der Waals surface area contributed by atoms with Crippen molar-refractivity contribution in [3.8, 4) is 0 Å². The summed E-state index contributed by atoms with van der Waals surface area (Å²) in [6.07, 6.45) is 2.40. The predicted octanol–water partition coefficient (Wildman–Crippen LogP) is 3.82. The topological polar surface area (TPSA) is 54.9 Å². The van der Waals surface area contributed by atoms with Crippen molar-refractivity contribution in [1.29, 1.82) is 0 Å². The van der Waals surface area contributed by atoms with Crippen LogP contribution in [0.1, 0.15) is 15.4 Å². The standard InChI is InChI=1S/C19H15N3OS/c23-19(14-9-11-20-15-6-2-1-5-13(14)15)21-12-10-18-22-16-7-3-4-8-17(16)24-18/h1-9,11H,10,12H2,(H,21,23). The summed E-state index contributed by atoms with van der Waals surface area (Å²) in [6, 6.07) is 17.5. The highest BCUT2D eigenvalue weighted by Gasteiger charge is 2.10. The van der Waals surface area contributed by atoms with Crippen LogP contribution < -0.4 is 5.32 Å². The van der Waals surface area contributed by atoms with E-state index < -0.39 is 0 Å². The zero-order valence-electron chi connectivity index (χ0n) is 12.9. The molecule has 0 spiro atoms. The van der Waals surface area contributed by atoms with Crippen molar-refractivity contribution in [1.82, 2.24) is 15.3 Å². The van der Waals surface area contributed by atoms with Crippen LogP contribution in [-0.4, -0.2) is 22.4 Å². The first-order chi connectivity index (χ1) is 11.8. The maximum Gasteiger partial charge on any atom is 0.252 e. The minimum atomic E-state index is -0.0743. The van der Waals surface area contributed by atoms with Crippen LogP contribution in [0.15, 0.2) is 60.8 Å². The summed E-state index contributed by atoms with van der Waals surface area (Å²) in [6.45, 7) is 0.565. The molecule has 2 heterocycles. The molecule has 0 saturated heterocycles. The van der Waals surface area contributed by atoms with Crippen LogP contribution in [-0.2, 0) is 6.42 Å². The normalized spacial score (nSPS) is 11.0. The van der Waals surface area contributed by atoms with Gasteiger partial charge < -0.3 is 5.32 Å². The highest BCUT2D eigenvalue weighted by molar-refractivity contribution is 7.18. The number of amides is 1. The van der Waals surface area contributed by atoms with E-state index in [9.17, 15) is 4.79 Å². The van der Waals surface area contributed by atoms with Crippen molar-refractivity contribution >= 4 is 38.4 Å². The molecule has 4 aromatic rings. The van der Waals surface area contributed by atoms with E-state index in [-0.39, 0.29) is 5.91 Å². The Hall–Kier alpha value is -2.79. The van der Waals surface area contributed by atoms with E-state index in [2.05, 4.69) is 21.4 Å². The quantitative estimate of drug-likeness (QED) is 0.618. The molecule has 1 N–H and O–H groups in total. The Bertz CT molecular complexity index is 987. The van der Waals surface area contributed by atoms with Gasteiger partial charge in [0.05, 0.1) is 26.3 Å². The van der Waals surface area contributed by atoms with E-state index in [1.54, 1.807) is 23.6 Å². The number of carbonyl (C=O) groups excluding carboxylic acids is 1. The van der Waals surface area contributed by atoms with Gasteiger partial charge in [0.25, 0.3) is 5.91 Å². The van der Waals surface area contributed by atoms with Gasteiger partial charge in [0.2, 0.25) is 0 Å². The average Bonchev–Trinajstić information content (AvgIpc) is 3.04. The van der Waals surface area contributed by atoms with Gasteiger partial charge in [-0.3, -0.25) is 9.78 Å². The molecule has 1 amide bonds. The molecule has 0 bridgehead atoms. The number of carbonyl (C=O) groups is 1. The third-order valence-electron chi connectivity index (χ3n) is 3.86. The number of rotatable bonds is 4. The molecular weight excluding hydrogens is 318 g/mol. The van der Waals surface area contributed by atoms with Gasteiger partial charge in [-0.05, 0) is 24.3 Å². The highest BCUT2D eigenvalue weighted by Crippen LogP contribution is 2.21. The van der Waals surface area contributed by atoms with Gasteiger partial charge in [-0.25, -0.2) is 4.98 Å². The van der Waals surface area contributed by atoms with E-state index in [1.807, 2.05) is 42.5 Å². The molecule has 118 valence electrons. The summed E-state index contributed by atoms with van der Waals surface area (Å²) in [5.74, 6) is -0.0743. The molecule has 0 unspecified atom stereocenters. The molecule has 0 saturated carbocycles. The molecule has 0 fully saturated rings. The minimum Gasteiger partial charge on any atom is -0.352 e. The number of pyridine rings is 1. The van der Waals surface area contributed by atoms with Gasteiger partial charge in [0.15, 0.2) is 0 Å². The lowest BCUT2D eigenvalue weighted by Crippen LogP contribution is -2.25. The van der Waals surface area contributed by atoms with Crippen LogP contribution in [0.5, 0.6) is 0 Å². The zero-order valence-corrected chi connectivity index (χ0v) is 13.7. The molecule has 4 nitrogen and oxygen atoms in total. The van der Waals surface area contributed by atoms with Crippen LogP contribution in [0.2, 0.25) is 0 Å².